The van der Waals surface area contributed by atoms with E-state index < -0.39 is 0 Å². The lowest BCUT2D eigenvalue weighted by molar-refractivity contribution is -0.132. The lowest BCUT2D eigenvalue weighted by atomic mass is 9.95. The van der Waals surface area contributed by atoms with Crippen molar-refractivity contribution in [1.82, 2.24) is 29.0 Å². The standard InChI is InChI=1S/C19H22N6O/c26-18(14-23-11-7-20-15-23)24-9-4-16(5-10-24)19-22-8-12-25(19)13-17-3-1-2-6-21-17/h1-3,6-8,11-12,15-16H,4-5,9-10,13-14H2. The number of imidazole rings is 2. The predicted octanol–water partition coefficient (Wildman–Crippen LogP) is 1.93. The highest BCUT2D eigenvalue weighted by Gasteiger charge is 2.26. The lowest BCUT2D eigenvalue weighted by Gasteiger charge is -2.32. The highest BCUT2D eigenvalue weighted by molar-refractivity contribution is 5.76. The molecule has 0 aromatic carbocycles. The third-order valence-corrected chi connectivity index (χ3v) is 4.90. The zero-order valence-electron chi connectivity index (χ0n) is 14.6. The van der Waals surface area contributed by atoms with E-state index in [2.05, 4.69) is 19.5 Å². The highest BCUT2D eigenvalue weighted by atomic mass is 16.2. The van der Waals surface area contributed by atoms with Gasteiger partial charge < -0.3 is 14.0 Å². The number of amides is 1. The van der Waals surface area contributed by atoms with Crippen LogP contribution in [0.15, 0.2) is 55.5 Å². The number of piperidine rings is 1. The zero-order valence-corrected chi connectivity index (χ0v) is 14.6. The summed E-state index contributed by atoms with van der Waals surface area (Å²) >= 11 is 0. The molecule has 1 aliphatic heterocycles. The zero-order chi connectivity index (χ0) is 17.8. The third kappa shape index (κ3) is 3.66. The first-order chi connectivity index (χ1) is 12.8. The fraction of sp³-hybridized carbons (Fsp3) is 0.368. The number of pyridine rings is 1. The minimum absolute atomic E-state index is 0.151. The molecular formula is C19H22N6O. The fourth-order valence-electron chi connectivity index (χ4n) is 3.50. The Kier molecular flexibility index (Phi) is 4.77. The summed E-state index contributed by atoms with van der Waals surface area (Å²) in [6.07, 6.45) is 12.8. The van der Waals surface area contributed by atoms with Crippen molar-refractivity contribution in [3.8, 4) is 0 Å². The molecular weight excluding hydrogens is 328 g/mol. The van der Waals surface area contributed by atoms with Crippen molar-refractivity contribution in [2.75, 3.05) is 13.1 Å². The lowest BCUT2D eigenvalue weighted by Crippen LogP contribution is -2.40. The Balaban J connectivity index is 1.36. The largest absolute Gasteiger partial charge is 0.341 e. The maximum Gasteiger partial charge on any atom is 0.242 e. The van der Waals surface area contributed by atoms with Crippen LogP contribution in [0.5, 0.6) is 0 Å². The molecule has 3 aromatic heterocycles. The number of rotatable bonds is 5. The average Bonchev–Trinajstić information content (AvgIpc) is 3.35. The number of aromatic nitrogens is 5. The molecule has 0 N–H and O–H groups in total. The molecule has 1 saturated heterocycles. The van der Waals surface area contributed by atoms with Gasteiger partial charge in [-0.3, -0.25) is 9.78 Å². The minimum atomic E-state index is 0.151. The van der Waals surface area contributed by atoms with Crippen molar-refractivity contribution in [3.05, 3.63) is 67.0 Å². The Bertz CT molecular complexity index is 834. The van der Waals surface area contributed by atoms with Gasteiger partial charge in [-0.15, -0.1) is 0 Å². The molecule has 4 heterocycles. The van der Waals surface area contributed by atoms with Gasteiger partial charge in [-0.1, -0.05) is 6.07 Å². The molecule has 0 unspecified atom stereocenters. The van der Waals surface area contributed by atoms with Gasteiger partial charge in [0.15, 0.2) is 0 Å². The molecule has 1 fully saturated rings. The summed E-state index contributed by atoms with van der Waals surface area (Å²) in [4.78, 5) is 27.3. The highest BCUT2D eigenvalue weighted by Crippen LogP contribution is 2.27. The van der Waals surface area contributed by atoms with Crippen molar-refractivity contribution in [2.45, 2.75) is 31.8 Å². The van der Waals surface area contributed by atoms with Gasteiger partial charge in [-0.2, -0.15) is 0 Å². The van der Waals surface area contributed by atoms with E-state index in [-0.39, 0.29) is 5.91 Å². The molecule has 7 heteroatoms. The molecule has 0 aliphatic carbocycles. The molecule has 0 bridgehead atoms. The van der Waals surface area contributed by atoms with Crippen molar-refractivity contribution in [1.29, 1.82) is 0 Å². The van der Waals surface area contributed by atoms with E-state index in [1.165, 1.54) is 0 Å². The van der Waals surface area contributed by atoms with Crippen LogP contribution in [0.2, 0.25) is 0 Å². The maximum atomic E-state index is 12.4. The second-order valence-electron chi connectivity index (χ2n) is 6.62. The van der Waals surface area contributed by atoms with Gasteiger partial charge in [0.1, 0.15) is 12.4 Å². The second-order valence-corrected chi connectivity index (χ2v) is 6.62. The molecule has 1 aliphatic rings. The molecule has 4 rings (SSSR count). The Hall–Kier alpha value is -2.96. The molecule has 26 heavy (non-hydrogen) atoms. The fourth-order valence-corrected chi connectivity index (χ4v) is 3.50. The SMILES string of the molecule is O=C(Cn1ccnc1)N1CCC(c2nccn2Cc2ccccn2)CC1. The summed E-state index contributed by atoms with van der Waals surface area (Å²) in [6, 6.07) is 5.96. The second kappa shape index (κ2) is 7.51. The summed E-state index contributed by atoms with van der Waals surface area (Å²) < 4.78 is 3.99. The van der Waals surface area contributed by atoms with Crippen LogP contribution in [0, 0.1) is 0 Å². The van der Waals surface area contributed by atoms with Gasteiger partial charge in [0, 0.05) is 50.0 Å². The quantitative estimate of drug-likeness (QED) is 0.705. The number of nitrogens with zero attached hydrogens (tertiary/aromatic N) is 6. The molecule has 3 aromatic rings. The van der Waals surface area contributed by atoms with Gasteiger partial charge in [0.05, 0.1) is 18.6 Å². The van der Waals surface area contributed by atoms with Crippen LogP contribution in [0.3, 0.4) is 0 Å². The van der Waals surface area contributed by atoms with Gasteiger partial charge in [0.2, 0.25) is 5.91 Å². The molecule has 7 nitrogen and oxygen atoms in total. The van der Waals surface area contributed by atoms with Gasteiger partial charge in [-0.05, 0) is 25.0 Å². The molecule has 0 radical (unpaired) electrons. The average molecular weight is 350 g/mol. The maximum absolute atomic E-state index is 12.4. The summed E-state index contributed by atoms with van der Waals surface area (Å²) in [5.74, 6) is 1.63. The van der Waals surface area contributed by atoms with Crippen LogP contribution < -0.4 is 0 Å². The smallest absolute Gasteiger partial charge is 0.242 e. The molecule has 1 amide bonds. The van der Waals surface area contributed by atoms with Crippen LogP contribution >= 0.6 is 0 Å². The monoisotopic (exact) mass is 350 g/mol. The van der Waals surface area contributed by atoms with Crippen molar-refractivity contribution in [2.24, 2.45) is 0 Å². The number of hydrogen-bond donors (Lipinski definition) is 0. The molecule has 0 spiro atoms. The van der Waals surface area contributed by atoms with Crippen molar-refractivity contribution < 1.29 is 4.79 Å². The Morgan fingerprint density at radius 3 is 2.69 bits per heavy atom. The van der Waals surface area contributed by atoms with Gasteiger partial charge in [0.25, 0.3) is 0 Å². The van der Waals surface area contributed by atoms with Crippen LogP contribution in [-0.4, -0.2) is 48.0 Å². The van der Waals surface area contributed by atoms with E-state index in [1.54, 1.807) is 12.5 Å². The van der Waals surface area contributed by atoms with E-state index in [0.717, 1.165) is 44.0 Å². The van der Waals surface area contributed by atoms with E-state index in [4.69, 9.17) is 0 Å². The van der Waals surface area contributed by atoms with E-state index in [0.29, 0.717) is 12.5 Å². The van der Waals surface area contributed by atoms with Crippen LogP contribution in [0.25, 0.3) is 0 Å². The molecule has 0 saturated carbocycles. The Morgan fingerprint density at radius 2 is 1.96 bits per heavy atom. The van der Waals surface area contributed by atoms with Crippen LogP contribution in [0.1, 0.15) is 30.3 Å². The normalized spacial score (nSPS) is 15.3. The third-order valence-electron chi connectivity index (χ3n) is 4.90. The van der Waals surface area contributed by atoms with E-state index in [9.17, 15) is 4.79 Å². The first kappa shape index (κ1) is 16.5. The summed E-state index contributed by atoms with van der Waals surface area (Å²) in [5.41, 5.74) is 1.03. The summed E-state index contributed by atoms with van der Waals surface area (Å²) in [7, 11) is 0. The number of carbonyl (C=O) groups is 1. The first-order valence-electron chi connectivity index (χ1n) is 8.94. The van der Waals surface area contributed by atoms with Gasteiger partial charge in [-0.25, -0.2) is 9.97 Å². The van der Waals surface area contributed by atoms with Crippen molar-refractivity contribution >= 4 is 5.91 Å². The first-order valence-corrected chi connectivity index (χ1v) is 8.94. The van der Waals surface area contributed by atoms with Crippen LogP contribution in [0.4, 0.5) is 0 Å². The number of carbonyl (C=O) groups excluding carboxylic acids is 1. The summed E-state index contributed by atoms with van der Waals surface area (Å²) in [6.45, 7) is 2.64. The predicted molar refractivity (Wildman–Crippen MR) is 96.3 cm³/mol. The summed E-state index contributed by atoms with van der Waals surface area (Å²) in [5, 5.41) is 0. The molecule has 134 valence electrons. The number of hydrogen-bond acceptors (Lipinski definition) is 4. The Morgan fingerprint density at radius 1 is 1.08 bits per heavy atom. The van der Waals surface area contributed by atoms with Gasteiger partial charge >= 0.3 is 0 Å². The van der Waals surface area contributed by atoms with Crippen molar-refractivity contribution in [3.63, 3.8) is 0 Å². The van der Waals surface area contributed by atoms with E-state index in [1.807, 2.05) is 52.5 Å². The number of likely N-dealkylation sites (tertiary alicyclic amines) is 1. The van der Waals surface area contributed by atoms with E-state index >= 15 is 0 Å². The minimum Gasteiger partial charge on any atom is -0.341 e. The topological polar surface area (TPSA) is 68.8 Å². The molecule has 0 atom stereocenters. The van der Waals surface area contributed by atoms with Crippen LogP contribution in [-0.2, 0) is 17.9 Å². The Labute approximate surface area is 152 Å².